The number of ether oxygens (including phenoxy) is 1. The van der Waals surface area contributed by atoms with Crippen molar-refractivity contribution in [3.8, 4) is 0 Å². The van der Waals surface area contributed by atoms with Crippen molar-refractivity contribution < 1.29 is 22.7 Å². The molecule has 1 rings (SSSR count). The van der Waals surface area contributed by atoms with Crippen LogP contribution in [0.2, 0.25) is 0 Å². The van der Waals surface area contributed by atoms with Crippen LogP contribution in [0, 0.1) is 0 Å². The summed E-state index contributed by atoms with van der Waals surface area (Å²) >= 11 is 0.889. The first-order valence-corrected chi connectivity index (χ1v) is 6.67. The third-order valence-electron chi connectivity index (χ3n) is 2.40. The molecule has 0 spiro atoms. The summed E-state index contributed by atoms with van der Waals surface area (Å²) in [6, 6.07) is 0. The number of halogens is 4. The van der Waals surface area contributed by atoms with E-state index in [1.807, 2.05) is 0 Å². The van der Waals surface area contributed by atoms with Gasteiger partial charge in [0.05, 0.1) is 19.7 Å². The highest BCUT2D eigenvalue weighted by atomic mass is 35.5. The van der Waals surface area contributed by atoms with Crippen LogP contribution in [0.25, 0.3) is 0 Å². The lowest BCUT2D eigenvalue weighted by Gasteiger charge is -2.16. The van der Waals surface area contributed by atoms with E-state index in [1.165, 1.54) is 11.9 Å². The van der Waals surface area contributed by atoms with Crippen LogP contribution >= 0.6 is 23.7 Å². The minimum absolute atomic E-state index is 0. The Morgan fingerprint density at radius 2 is 2.19 bits per heavy atom. The molecule has 1 aromatic heterocycles. The molecule has 122 valence electrons. The second kappa shape index (κ2) is 9.19. The third kappa shape index (κ3) is 7.07. The van der Waals surface area contributed by atoms with Crippen molar-refractivity contribution >= 4 is 29.7 Å². The summed E-state index contributed by atoms with van der Waals surface area (Å²) in [5.41, 5.74) is -0.920. The van der Waals surface area contributed by atoms with Gasteiger partial charge in [0.15, 0.2) is 5.69 Å². The predicted octanol–water partition coefficient (Wildman–Crippen LogP) is 1.78. The number of nitrogens with one attached hydrogen (secondary N) is 1. The first-order chi connectivity index (χ1) is 9.34. The lowest BCUT2D eigenvalue weighted by molar-refractivity contribution is -0.140. The van der Waals surface area contributed by atoms with Crippen molar-refractivity contribution in [3.63, 3.8) is 0 Å². The van der Waals surface area contributed by atoms with E-state index in [1.54, 1.807) is 7.11 Å². The van der Waals surface area contributed by atoms with Gasteiger partial charge in [-0.1, -0.05) is 0 Å². The second-order valence-electron chi connectivity index (χ2n) is 4.04. The number of nitrogens with zero attached hydrogens (tertiary/aromatic N) is 2. The van der Waals surface area contributed by atoms with Gasteiger partial charge >= 0.3 is 6.18 Å². The minimum Gasteiger partial charge on any atom is -0.383 e. The van der Waals surface area contributed by atoms with Gasteiger partial charge in [0, 0.05) is 26.1 Å². The lowest BCUT2D eigenvalue weighted by atomic mass is 10.4. The fourth-order valence-corrected chi connectivity index (χ4v) is 2.16. The van der Waals surface area contributed by atoms with E-state index < -0.39 is 11.9 Å². The first kappa shape index (κ1) is 20.1. The average Bonchev–Trinajstić information content (AvgIpc) is 2.82. The summed E-state index contributed by atoms with van der Waals surface area (Å²) in [4.78, 5) is 16.5. The number of methoxy groups -OCH3 is 1. The molecule has 1 aromatic rings. The smallest absolute Gasteiger partial charge is 0.383 e. The number of rotatable bonds is 7. The van der Waals surface area contributed by atoms with Crippen molar-refractivity contribution in [1.29, 1.82) is 0 Å². The zero-order chi connectivity index (χ0) is 15.2. The van der Waals surface area contributed by atoms with Gasteiger partial charge in [0.2, 0.25) is 5.91 Å². The lowest BCUT2D eigenvalue weighted by Crippen LogP contribution is -2.36. The number of carbonyl (C=O) groups excluding carboxylic acids is 1. The van der Waals surface area contributed by atoms with Gasteiger partial charge in [0.1, 0.15) is 5.01 Å². The maximum Gasteiger partial charge on any atom is 0.434 e. The first-order valence-electron chi connectivity index (χ1n) is 5.79. The molecular formula is C11H17ClF3N3O2S. The van der Waals surface area contributed by atoms with E-state index in [-0.39, 0.29) is 36.4 Å². The summed E-state index contributed by atoms with van der Waals surface area (Å²) in [6.45, 7) is 1.19. The van der Waals surface area contributed by atoms with Crippen LogP contribution in [0.3, 0.4) is 0 Å². The number of amides is 1. The Bertz CT molecular complexity index is 443. The fraction of sp³-hybridized carbons (Fsp3) is 0.636. The maximum absolute atomic E-state index is 12.4. The third-order valence-corrected chi connectivity index (χ3v) is 3.23. The molecular weight excluding hydrogens is 331 g/mol. The van der Waals surface area contributed by atoms with E-state index in [0.29, 0.717) is 13.2 Å². The van der Waals surface area contributed by atoms with Crippen molar-refractivity contribution in [3.05, 3.63) is 16.1 Å². The Morgan fingerprint density at radius 3 is 2.71 bits per heavy atom. The monoisotopic (exact) mass is 347 g/mol. The number of carbonyl (C=O) groups is 1. The number of likely N-dealkylation sites (N-methyl/N-ethyl adjacent to an activating group) is 1. The normalized spacial score (nSPS) is 11.1. The molecule has 5 nitrogen and oxygen atoms in total. The molecule has 0 fully saturated rings. The van der Waals surface area contributed by atoms with Crippen LogP contribution in [0.5, 0.6) is 0 Å². The zero-order valence-electron chi connectivity index (χ0n) is 11.6. The largest absolute Gasteiger partial charge is 0.434 e. The Morgan fingerprint density at radius 1 is 1.52 bits per heavy atom. The zero-order valence-corrected chi connectivity index (χ0v) is 13.2. The van der Waals surface area contributed by atoms with Gasteiger partial charge in [0.25, 0.3) is 0 Å². The predicted molar refractivity (Wildman–Crippen MR) is 75.6 cm³/mol. The Kier molecular flexibility index (Phi) is 8.79. The van der Waals surface area contributed by atoms with E-state index in [9.17, 15) is 18.0 Å². The number of hydrogen-bond donors (Lipinski definition) is 1. The van der Waals surface area contributed by atoms with Gasteiger partial charge in [-0.3, -0.25) is 4.79 Å². The van der Waals surface area contributed by atoms with Crippen LogP contribution in [0.4, 0.5) is 13.2 Å². The second-order valence-corrected chi connectivity index (χ2v) is 4.99. The number of thiazole rings is 1. The Balaban J connectivity index is 0.00000400. The van der Waals surface area contributed by atoms with Crippen molar-refractivity contribution in [1.82, 2.24) is 15.2 Å². The summed E-state index contributed by atoms with van der Waals surface area (Å²) in [5.74, 6) is -0.218. The van der Waals surface area contributed by atoms with E-state index in [4.69, 9.17) is 4.74 Å². The molecule has 0 saturated heterocycles. The van der Waals surface area contributed by atoms with Crippen LogP contribution in [-0.2, 0) is 22.3 Å². The Labute approximate surface area is 130 Å². The molecule has 21 heavy (non-hydrogen) atoms. The van der Waals surface area contributed by atoms with E-state index in [2.05, 4.69) is 10.3 Å². The molecule has 1 amide bonds. The fourth-order valence-electron chi connectivity index (χ4n) is 1.31. The summed E-state index contributed by atoms with van der Waals surface area (Å²) < 4.78 is 41.9. The molecule has 0 atom stereocenters. The van der Waals surface area contributed by atoms with Crippen LogP contribution in [0.1, 0.15) is 10.7 Å². The molecule has 0 aliphatic heterocycles. The molecule has 10 heteroatoms. The molecule has 0 unspecified atom stereocenters. The van der Waals surface area contributed by atoms with Crippen molar-refractivity contribution in [2.75, 3.05) is 33.9 Å². The molecule has 1 N–H and O–H groups in total. The summed E-state index contributed by atoms with van der Waals surface area (Å²) in [7, 11) is 3.07. The standard InChI is InChI=1S/C11H16F3N3O2S.ClH/c1-17(10(18)5-15-3-4-19-2)6-9-16-8(7-20-9)11(12,13)14;/h7,15H,3-6H2,1-2H3;1H. The molecule has 0 radical (unpaired) electrons. The SMILES string of the molecule is COCCNCC(=O)N(C)Cc1nc(C(F)(F)F)cs1.Cl. The maximum atomic E-state index is 12.4. The van der Waals surface area contributed by atoms with Crippen LogP contribution < -0.4 is 5.32 Å². The number of aromatic nitrogens is 1. The van der Waals surface area contributed by atoms with Gasteiger partial charge in [-0.15, -0.1) is 23.7 Å². The molecule has 0 aromatic carbocycles. The van der Waals surface area contributed by atoms with E-state index >= 15 is 0 Å². The molecule has 1 heterocycles. The van der Waals surface area contributed by atoms with E-state index in [0.717, 1.165) is 16.7 Å². The highest BCUT2D eigenvalue weighted by Crippen LogP contribution is 2.30. The Hall–Kier alpha value is -0.900. The van der Waals surface area contributed by atoms with Gasteiger partial charge in [-0.2, -0.15) is 13.2 Å². The molecule has 0 aliphatic rings. The topological polar surface area (TPSA) is 54.5 Å². The summed E-state index contributed by atoms with van der Waals surface area (Å²) in [5, 5.41) is 4.07. The highest BCUT2D eigenvalue weighted by molar-refractivity contribution is 7.09. The van der Waals surface area contributed by atoms with Crippen LogP contribution in [-0.4, -0.2) is 49.6 Å². The van der Waals surface area contributed by atoms with Gasteiger partial charge in [-0.25, -0.2) is 4.98 Å². The van der Waals surface area contributed by atoms with Gasteiger partial charge < -0.3 is 15.0 Å². The molecule has 0 bridgehead atoms. The quantitative estimate of drug-likeness (QED) is 0.764. The summed E-state index contributed by atoms with van der Waals surface area (Å²) in [6.07, 6.45) is -4.45. The van der Waals surface area contributed by atoms with Crippen molar-refractivity contribution in [2.45, 2.75) is 12.7 Å². The van der Waals surface area contributed by atoms with Crippen LogP contribution in [0.15, 0.2) is 5.38 Å². The number of hydrogen-bond acceptors (Lipinski definition) is 5. The van der Waals surface area contributed by atoms with Crippen molar-refractivity contribution in [2.24, 2.45) is 0 Å². The minimum atomic E-state index is -4.45. The molecule has 0 aliphatic carbocycles. The molecule has 0 saturated carbocycles. The van der Waals surface area contributed by atoms with Gasteiger partial charge in [-0.05, 0) is 0 Å². The highest BCUT2D eigenvalue weighted by Gasteiger charge is 2.33. The number of alkyl halides is 3. The average molecular weight is 348 g/mol.